The van der Waals surface area contributed by atoms with E-state index in [-0.39, 0.29) is 0 Å². The first kappa shape index (κ1) is 13.4. The van der Waals surface area contributed by atoms with Crippen molar-refractivity contribution in [2.24, 2.45) is 0 Å². The van der Waals surface area contributed by atoms with Crippen molar-refractivity contribution in [2.75, 3.05) is 0 Å². The van der Waals surface area contributed by atoms with Crippen LogP contribution in [0.15, 0.2) is 28.6 Å². The topological polar surface area (TPSA) is 75.3 Å². The van der Waals surface area contributed by atoms with E-state index in [1.54, 1.807) is 12.3 Å². The first-order valence-corrected chi connectivity index (χ1v) is 6.84. The van der Waals surface area contributed by atoms with E-state index in [1.807, 2.05) is 13.8 Å². The average Bonchev–Trinajstić information content (AvgIpc) is 2.47. The molecule has 0 saturated carbocycles. The number of nitrogens with zero attached hydrogens (tertiary/aromatic N) is 5. The number of hydrogen-bond acceptors (Lipinski definition) is 6. The Bertz CT molecular complexity index is 606. The van der Waals surface area contributed by atoms with Gasteiger partial charge in [-0.05, 0) is 36.2 Å². The summed E-state index contributed by atoms with van der Waals surface area (Å²) in [6.45, 7) is 4.04. The van der Waals surface area contributed by atoms with Gasteiger partial charge in [0.2, 0.25) is 0 Å². The lowest BCUT2D eigenvalue weighted by Crippen LogP contribution is -2.04. The van der Waals surface area contributed by atoms with E-state index in [0.29, 0.717) is 10.6 Å². The molecule has 0 bridgehead atoms. The third-order valence-electron chi connectivity index (χ3n) is 2.68. The fraction of sp³-hybridized carbons (Fsp3) is 0.308. The Morgan fingerprint density at radius 1 is 1.26 bits per heavy atom. The average molecular weight is 271 g/mol. The summed E-state index contributed by atoms with van der Waals surface area (Å²) in [7, 11) is 0. The molecule has 2 aromatic rings. The highest BCUT2D eigenvalue weighted by molar-refractivity contribution is 7.99. The summed E-state index contributed by atoms with van der Waals surface area (Å²) in [6, 6.07) is 4.03. The van der Waals surface area contributed by atoms with E-state index in [9.17, 15) is 5.26 Å². The molecular weight excluding hydrogens is 258 g/mol. The largest absolute Gasteiger partial charge is 0.245 e. The third kappa shape index (κ3) is 2.88. The Morgan fingerprint density at radius 3 is 2.68 bits per heavy atom. The zero-order valence-electron chi connectivity index (χ0n) is 10.8. The van der Waals surface area contributed by atoms with Gasteiger partial charge in [-0.2, -0.15) is 10.4 Å². The second kappa shape index (κ2) is 6.25. The number of rotatable bonds is 4. The lowest BCUT2D eigenvalue weighted by atomic mass is 10.1. The summed E-state index contributed by atoms with van der Waals surface area (Å²) >= 11 is 1.34. The summed E-state index contributed by atoms with van der Waals surface area (Å²) < 4.78 is 0. The van der Waals surface area contributed by atoms with Crippen LogP contribution in [0.4, 0.5) is 0 Å². The normalized spacial score (nSPS) is 10.2. The predicted octanol–water partition coefficient (Wildman–Crippen LogP) is 2.41. The Labute approximate surface area is 116 Å². The Hall–Kier alpha value is -2.00. The van der Waals surface area contributed by atoms with E-state index in [4.69, 9.17) is 0 Å². The van der Waals surface area contributed by atoms with Crippen molar-refractivity contribution in [3.05, 3.63) is 35.4 Å². The number of hydrogen-bond donors (Lipinski definition) is 0. The SMILES string of the molecule is CCc1nnc(Sc2ccncn2)c(C#N)c1CC. The minimum atomic E-state index is 0.607. The van der Waals surface area contributed by atoms with Crippen LogP contribution in [-0.4, -0.2) is 20.2 Å². The first-order valence-electron chi connectivity index (χ1n) is 6.02. The first-order chi connectivity index (χ1) is 9.30. The predicted molar refractivity (Wildman–Crippen MR) is 71.7 cm³/mol. The van der Waals surface area contributed by atoms with Crippen LogP contribution >= 0.6 is 11.8 Å². The van der Waals surface area contributed by atoms with Gasteiger partial charge in [0.1, 0.15) is 22.4 Å². The van der Waals surface area contributed by atoms with Gasteiger partial charge in [0.15, 0.2) is 0 Å². The maximum absolute atomic E-state index is 9.36. The van der Waals surface area contributed by atoms with Gasteiger partial charge >= 0.3 is 0 Å². The van der Waals surface area contributed by atoms with E-state index < -0.39 is 0 Å². The molecule has 19 heavy (non-hydrogen) atoms. The smallest absolute Gasteiger partial charge is 0.143 e. The highest BCUT2D eigenvalue weighted by atomic mass is 32.2. The van der Waals surface area contributed by atoms with Crippen molar-refractivity contribution in [1.82, 2.24) is 20.2 Å². The molecule has 0 N–H and O–H groups in total. The third-order valence-corrected chi connectivity index (χ3v) is 3.61. The van der Waals surface area contributed by atoms with Gasteiger partial charge in [-0.1, -0.05) is 13.8 Å². The Kier molecular flexibility index (Phi) is 4.42. The van der Waals surface area contributed by atoms with Crippen LogP contribution in [0.5, 0.6) is 0 Å². The molecular formula is C13H13N5S. The molecule has 2 rings (SSSR count). The van der Waals surface area contributed by atoms with Gasteiger partial charge in [0, 0.05) is 6.20 Å². The molecule has 0 saturated heterocycles. The lowest BCUT2D eigenvalue weighted by Gasteiger charge is -2.09. The van der Waals surface area contributed by atoms with Gasteiger partial charge in [-0.15, -0.1) is 5.10 Å². The highest BCUT2D eigenvalue weighted by Gasteiger charge is 2.15. The van der Waals surface area contributed by atoms with E-state index in [1.165, 1.54) is 18.1 Å². The summed E-state index contributed by atoms with van der Waals surface area (Å²) in [5.41, 5.74) is 2.49. The van der Waals surface area contributed by atoms with Crippen LogP contribution in [-0.2, 0) is 12.8 Å². The van der Waals surface area contributed by atoms with E-state index in [2.05, 4.69) is 26.2 Å². The molecule has 2 heterocycles. The Balaban J connectivity index is 2.44. The van der Waals surface area contributed by atoms with Gasteiger partial charge in [0.05, 0.1) is 11.3 Å². The van der Waals surface area contributed by atoms with Crippen molar-refractivity contribution < 1.29 is 0 Å². The minimum absolute atomic E-state index is 0.607. The standard InChI is InChI=1S/C13H13N5S/c1-3-9-10(7-14)13(18-17-11(9)4-2)19-12-5-6-15-8-16-12/h5-6,8H,3-4H2,1-2H3. The van der Waals surface area contributed by atoms with E-state index >= 15 is 0 Å². The molecule has 0 aliphatic heterocycles. The quantitative estimate of drug-likeness (QED) is 0.795. The maximum atomic E-state index is 9.36. The van der Waals surface area contributed by atoms with Crippen LogP contribution in [0.1, 0.15) is 30.7 Å². The molecule has 2 aromatic heterocycles. The van der Waals surface area contributed by atoms with Crippen molar-refractivity contribution in [3.8, 4) is 6.07 Å². The summed E-state index contributed by atoms with van der Waals surface area (Å²) in [4.78, 5) is 7.99. The van der Waals surface area contributed by atoms with Crippen molar-refractivity contribution in [1.29, 1.82) is 5.26 Å². The van der Waals surface area contributed by atoms with Crippen molar-refractivity contribution in [3.63, 3.8) is 0 Å². The molecule has 96 valence electrons. The zero-order chi connectivity index (χ0) is 13.7. The number of nitriles is 1. The van der Waals surface area contributed by atoms with Crippen LogP contribution in [0.3, 0.4) is 0 Å². The fourth-order valence-corrected chi connectivity index (χ4v) is 2.56. The molecule has 0 aromatic carbocycles. The molecule has 0 aliphatic carbocycles. The second-order valence-electron chi connectivity index (χ2n) is 3.77. The Morgan fingerprint density at radius 2 is 2.11 bits per heavy atom. The summed E-state index contributed by atoms with van der Waals surface area (Å²) in [5.74, 6) is 0. The monoisotopic (exact) mass is 271 g/mol. The van der Waals surface area contributed by atoms with Crippen molar-refractivity contribution in [2.45, 2.75) is 36.7 Å². The van der Waals surface area contributed by atoms with Crippen LogP contribution < -0.4 is 0 Å². The summed E-state index contributed by atoms with van der Waals surface area (Å²) in [6.07, 6.45) is 4.70. The maximum Gasteiger partial charge on any atom is 0.143 e. The summed E-state index contributed by atoms with van der Waals surface area (Å²) in [5, 5.41) is 19.1. The lowest BCUT2D eigenvalue weighted by molar-refractivity contribution is 0.816. The molecule has 0 fully saturated rings. The zero-order valence-corrected chi connectivity index (χ0v) is 11.6. The molecule has 0 aliphatic rings. The van der Waals surface area contributed by atoms with Gasteiger partial charge in [-0.25, -0.2) is 9.97 Å². The number of aromatic nitrogens is 4. The molecule has 0 amide bonds. The molecule has 0 radical (unpaired) electrons. The number of aryl methyl sites for hydroxylation is 1. The molecule has 0 unspecified atom stereocenters. The molecule has 5 nitrogen and oxygen atoms in total. The van der Waals surface area contributed by atoms with Crippen LogP contribution in [0.2, 0.25) is 0 Å². The second-order valence-corrected chi connectivity index (χ2v) is 4.78. The molecule has 0 atom stereocenters. The molecule has 0 spiro atoms. The van der Waals surface area contributed by atoms with Crippen LogP contribution in [0, 0.1) is 11.3 Å². The highest BCUT2D eigenvalue weighted by Crippen LogP contribution is 2.29. The van der Waals surface area contributed by atoms with Gasteiger partial charge in [-0.3, -0.25) is 0 Å². The van der Waals surface area contributed by atoms with E-state index in [0.717, 1.165) is 29.1 Å². The van der Waals surface area contributed by atoms with Crippen LogP contribution in [0.25, 0.3) is 0 Å². The van der Waals surface area contributed by atoms with Crippen molar-refractivity contribution >= 4 is 11.8 Å². The fourth-order valence-electron chi connectivity index (χ4n) is 1.78. The van der Waals surface area contributed by atoms with Gasteiger partial charge in [0.25, 0.3) is 0 Å². The van der Waals surface area contributed by atoms with Gasteiger partial charge < -0.3 is 0 Å². The molecule has 6 heteroatoms. The minimum Gasteiger partial charge on any atom is -0.245 e.